The van der Waals surface area contributed by atoms with Crippen LogP contribution in [0.3, 0.4) is 0 Å². The van der Waals surface area contributed by atoms with E-state index < -0.39 is 45.8 Å². The van der Waals surface area contributed by atoms with Crippen molar-refractivity contribution >= 4 is 49.4 Å². The Labute approximate surface area is 268 Å². The Bertz CT molecular complexity index is 1820. The van der Waals surface area contributed by atoms with Gasteiger partial charge >= 0.3 is 0 Å². The Morgan fingerprint density at radius 1 is 0.955 bits per heavy atom. The molecule has 1 heterocycles. The molecule has 0 bridgehead atoms. The van der Waals surface area contributed by atoms with Crippen LogP contribution < -0.4 is 11.1 Å². The van der Waals surface area contributed by atoms with Crippen LogP contribution in [0.25, 0.3) is 0 Å². The average molecular weight is 697 g/mol. The van der Waals surface area contributed by atoms with E-state index >= 15 is 0 Å². The highest BCUT2D eigenvalue weighted by Gasteiger charge is 2.45. The van der Waals surface area contributed by atoms with E-state index in [0.29, 0.717) is 16.1 Å². The van der Waals surface area contributed by atoms with Crippen LogP contribution in [0.15, 0.2) is 124 Å². The van der Waals surface area contributed by atoms with Gasteiger partial charge in [0.15, 0.2) is 0 Å². The molecule has 3 atom stereocenters. The number of carbonyl (C=O) groups excluding carboxylic acids is 2. The second-order valence-electron chi connectivity index (χ2n) is 10.3. The van der Waals surface area contributed by atoms with Crippen molar-refractivity contribution < 1.29 is 22.4 Å². The average Bonchev–Trinajstić information content (AvgIpc) is 3.00. The second-order valence-corrected chi connectivity index (χ2v) is 13.5. The van der Waals surface area contributed by atoms with Gasteiger partial charge in [-0.1, -0.05) is 88.2 Å². The van der Waals surface area contributed by atoms with Crippen LogP contribution in [0.4, 0.5) is 4.39 Å². The molecule has 2 unspecified atom stereocenters. The highest BCUT2D eigenvalue weighted by molar-refractivity contribution is 9.10. The number of nitrogens with one attached hydrogen (secondary N) is 1. The first-order valence-electron chi connectivity index (χ1n) is 13.7. The predicted octanol–water partition coefficient (Wildman–Crippen LogP) is 6.26. The number of halogens is 3. The van der Waals surface area contributed by atoms with E-state index in [1.54, 1.807) is 42.5 Å². The maximum atomic E-state index is 14.5. The Morgan fingerprint density at radius 3 is 2.30 bits per heavy atom. The lowest BCUT2D eigenvalue weighted by molar-refractivity contribution is -0.125. The SMILES string of the molecule is NC(=O)[C@H](Cc1ccccc1)NC(=O)C1=CCC(c2cccc(Br)c2)N(S(=O)(=O)c2ccc(F)cc2)C1c1cccc(Cl)c1. The number of carbonyl (C=O) groups is 2. The van der Waals surface area contributed by atoms with E-state index in [2.05, 4.69) is 21.2 Å². The van der Waals surface area contributed by atoms with Crippen molar-refractivity contribution in [3.8, 4) is 0 Å². The number of hydrogen-bond acceptors (Lipinski definition) is 4. The summed E-state index contributed by atoms with van der Waals surface area (Å²) in [4.78, 5) is 26.3. The summed E-state index contributed by atoms with van der Waals surface area (Å²) < 4.78 is 44.9. The molecule has 0 aromatic heterocycles. The number of sulfonamides is 1. The van der Waals surface area contributed by atoms with Gasteiger partial charge in [0.05, 0.1) is 17.0 Å². The van der Waals surface area contributed by atoms with Crippen molar-refractivity contribution in [3.05, 3.63) is 147 Å². The molecule has 1 aliphatic rings. The number of primary amides is 1. The first kappa shape index (κ1) is 31.6. The summed E-state index contributed by atoms with van der Waals surface area (Å²) in [6.45, 7) is 0. The second kappa shape index (κ2) is 13.4. The highest BCUT2D eigenvalue weighted by atomic mass is 79.9. The molecule has 226 valence electrons. The Hall–Kier alpha value is -3.83. The van der Waals surface area contributed by atoms with E-state index in [1.807, 2.05) is 42.5 Å². The normalized spacial score (nSPS) is 17.8. The lowest BCUT2D eigenvalue weighted by atomic mass is 9.88. The van der Waals surface area contributed by atoms with E-state index in [4.69, 9.17) is 17.3 Å². The van der Waals surface area contributed by atoms with Crippen molar-refractivity contribution in [1.82, 2.24) is 9.62 Å². The molecular weight excluding hydrogens is 669 g/mol. The van der Waals surface area contributed by atoms with Gasteiger partial charge in [-0.05, 0) is 71.6 Å². The third-order valence-corrected chi connectivity index (χ3v) is 10.0. The van der Waals surface area contributed by atoms with Crippen molar-refractivity contribution in [2.24, 2.45) is 5.73 Å². The minimum absolute atomic E-state index is 0.100. The predicted molar refractivity (Wildman–Crippen MR) is 170 cm³/mol. The molecule has 3 N–H and O–H groups in total. The van der Waals surface area contributed by atoms with E-state index in [0.717, 1.165) is 22.2 Å². The van der Waals surface area contributed by atoms with Crippen molar-refractivity contribution in [1.29, 1.82) is 0 Å². The van der Waals surface area contributed by atoms with Gasteiger partial charge in [-0.25, -0.2) is 12.8 Å². The van der Waals surface area contributed by atoms with Gasteiger partial charge in [0.1, 0.15) is 11.9 Å². The zero-order valence-electron chi connectivity index (χ0n) is 23.2. The van der Waals surface area contributed by atoms with Gasteiger partial charge in [0.2, 0.25) is 21.8 Å². The third-order valence-electron chi connectivity index (χ3n) is 7.40. The molecule has 1 aliphatic heterocycles. The summed E-state index contributed by atoms with van der Waals surface area (Å²) in [5.41, 5.74) is 7.69. The van der Waals surface area contributed by atoms with Gasteiger partial charge in [-0.3, -0.25) is 9.59 Å². The van der Waals surface area contributed by atoms with Crippen molar-refractivity contribution in [3.63, 3.8) is 0 Å². The lowest BCUT2D eigenvalue weighted by Crippen LogP contribution is -2.49. The van der Waals surface area contributed by atoms with Gasteiger partial charge in [0, 0.05) is 21.5 Å². The largest absolute Gasteiger partial charge is 0.368 e. The van der Waals surface area contributed by atoms with Crippen LogP contribution in [-0.4, -0.2) is 30.6 Å². The molecule has 0 spiro atoms. The third kappa shape index (κ3) is 6.94. The Balaban J connectivity index is 1.65. The fourth-order valence-corrected chi connectivity index (χ4v) is 7.73. The fourth-order valence-electron chi connectivity index (χ4n) is 5.34. The van der Waals surface area contributed by atoms with Crippen molar-refractivity contribution in [2.45, 2.75) is 35.9 Å². The Kier molecular flexibility index (Phi) is 9.65. The van der Waals surface area contributed by atoms with Gasteiger partial charge in [-0.15, -0.1) is 0 Å². The monoisotopic (exact) mass is 695 g/mol. The van der Waals surface area contributed by atoms with Crippen LogP contribution in [0.1, 0.15) is 35.2 Å². The molecule has 2 amide bonds. The molecule has 11 heteroatoms. The summed E-state index contributed by atoms with van der Waals surface area (Å²) in [5.74, 6) is -1.98. The summed E-state index contributed by atoms with van der Waals surface area (Å²) in [6, 6.07) is 24.5. The van der Waals surface area contributed by atoms with Gasteiger partial charge < -0.3 is 11.1 Å². The van der Waals surface area contributed by atoms with Crippen LogP contribution in [0.2, 0.25) is 5.02 Å². The molecule has 7 nitrogen and oxygen atoms in total. The van der Waals surface area contributed by atoms with Crippen molar-refractivity contribution in [2.75, 3.05) is 0 Å². The molecule has 0 saturated carbocycles. The first-order chi connectivity index (χ1) is 21.0. The standard InChI is InChI=1S/C33H28BrClFN3O4S/c34-24-10-4-8-22(19-24)30-17-16-28(33(41)38-29(32(37)40)18-21-6-2-1-3-7-21)31(23-9-5-11-25(35)20-23)39(30)44(42,43)27-14-12-26(36)13-15-27/h1-16,19-20,29-31H,17-18H2,(H2,37,40)(H,38,41)/t29-,30?,31?/m0/s1. The first-order valence-corrected chi connectivity index (χ1v) is 16.3. The highest BCUT2D eigenvalue weighted by Crippen LogP contribution is 2.46. The minimum Gasteiger partial charge on any atom is -0.368 e. The zero-order valence-corrected chi connectivity index (χ0v) is 26.4. The maximum absolute atomic E-state index is 14.5. The van der Waals surface area contributed by atoms with Gasteiger partial charge in [-0.2, -0.15) is 4.31 Å². The quantitative estimate of drug-likeness (QED) is 0.215. The van der Waals surface area contributed by atoms with Crippen LogP contribution in [0, 0.1) is 5.82 Å². The molecule has 5 rings (SSSR count). The molecule has 4 aromatic rings. The number of nitrogens with two attached hydrogens (primary N) is 1. The molecule has 44 heavy (non-hydrogen) atoms. The van der Waals surface area contributed by atoms with E-state index in [-0.39, 0.29) is 23.3 Å². The molecule has 0 saturated heterocycles. The number of amides is 2. The van der Waals surface area contributed by atoms with E-state index in [1.165, 1.54) is 16.4 Å². The summed E-state index contributed by atoms with van der Waals surface area (Å²) in [5, 5.41) is 3.08. The lowest BCUT2D eigenvalue weighted by Gasteiger charge is -2.41. The molecule has 0 fully saturated rings. The number of rotatable bonds is 9. The van der Waals surface area contributed by atoms with E-state index in [9.17, 15) is 22.4 Å². The number of benzene rings is 4. The molecule has 0 aliphatic carbocycles. The minimum atomic E-state index is -4.36. The molecular formula is C33H28BrClFN3O4S. The van der Waals surface area contributed by atoms with Crippen LogP contribution >= 0.6 is 27.5 Å². The number of hydrogen-bond donors (Lipinski definition) is 2. The summed E-state index contributed by atoms with van der Waals surface area (Å²) in [6.07, 6.45) is 1.97. The van der Waals surface area contributed by atoms with Crippen LogP contribution in [-0.2, 0) is 26.0 Å². The topological polar surface area (TPSA) is 110 Å². The molecule has 4 aromatic carbocycles. The summed E-state index contributed by atoms with van der Waals surface area (Å²) in [7, 11) is -4.36. The number of nitrogens with zero attached hydrogens (tertiary/aromatic N) is 1. The maximum Gasteiger partial charge on any atom is 0.249 e. The smallest absolute Gasteiger partial charge is 0.249 e. The Morgan fingerprint density at radius 2 is 1.64 bits per heavy atom. The molecule has 0 radical (unpaired) electrons. The summed E-state index contributed by atoms with van der Waals surface area (Å²) >= 11 is 9.86. The van der Waals surface area contributed by atoms with Crippen LogP contribution in [0.5, 0.6) is 0 Å². The zero-order chi connectivity index (χ0) is 31.4. The van der Waals surface area contributed by atoms with Gasteiger partial charge in [0.25, 0.3) is 0 Å². The fraction of sp³-hybridized carbons (Fsp3) is 0.152.